The Balaban J connectivity index is 3.38. The van der Waals surface area contributed by atoms with Crippen molar-refractivity contribution in [2.45, 2.75) is 65.3 Å². The number of Topliss-reactive ketones (excluding diaryl/α,β-unsaturated/α-hetero) is 1. The second kappa shape index (κ2) is 10.7. The van der Waals surface area contributed by atoms with E-state index in [2.05, 4.69) is 26.1 Å². The topological polar surface area (TPSA) is 55.1 Å². The fourth-order valence-corrected chi connectivity index (χ4v) is 1.80. The van der Waals surface area contributed by atoms with Crippen molar-refractivity contribution in [3.8, 4) is 0 Å². The number of rotatable bonds is 11. The lowest BCUT2D eigenvalue weighted by Crippen LogP contribution is -2.31. The average Bonchev–Trinajstić information content (AvgIpc) is 2.26. The molecule has 0 rings (SSSR count). The summed E-state index contributed by atoms with van der Waals surface area (Å²) in [6.07, 6.45) is 5.96. The molecule has 0 unspecified atom stereocenters. The standard InChI is InChI=1S/C14H30N2O/c1-4-5-9-16-10-7-6-8-14(17)13(15)11-12(2)3/h12-13,16H,4-11,15H2,1-3H3/t13-/m0/s1. The van der Waals surface area contributed by atoms with E-state index in [1.807, 2.05) is 0 Å². The summed E-state index contributed by atoms with van der Waals surface area (Å²) in [6.45, 7) is 8.51. The first kappa shape index (κ1) is 16.6. The summed E-state index contributed by atoms with van der Waals surface area (Å²) in [5, 5.41) is 3.38. The normalized spacial score (nSPS) is 13.0. The van der Waals surface area contributed by atoms with Crippen LogP contribution in [0.4, 0.5) is 0 Å². The van der Waals surface area contributed by atoms with Crippen molar-refractivity contribution in [1.29, 1.82) is 0 Å². The Hall–Kier alpha value is -0.410. The van der Waals surface area contributed by atoms with Gasteiger partial charge in [0.1, 0.15) is 5.78 Å². The van der Waals surface area contributed by atoms with Crippen LogP contribution < -0.4 is 11.1 Å². The molecule has 0 saturated carbocycles. The van der Waals surface area contributed by atoms with Gasteiger partial charge in [-0.1, -0.05) is 27.2 Å². The first-order valence-corrected chi connectivity index (χ1v) is 7.07. The van der Waals surface area contributed by atoms with Crippen LogP contribution in [0, 0.1) is 5.92 Å². The lowest BCUT2D eigenvalue weighted by molar-refractivity contribution is -0.120. The number of nitrogens with one attached hydrogen (secondary N) is 1. The molecule has 102 valence electrons. The molecule has 0 radical (unpaired) electrons. The molecule has 0 fully saturated rings. The lowest BCUT2D eigenvalue weighted by Gasteiger charge is -2.12. The number of nitrogens with two attached hydrogens (primary N) is 1. The second-order valence-corrected chi connectivity index (χ2v) is 5.26. The van der Waals surface area contributed by atoms with E-state index in [0.29, 0.717) is 12.3 Å². The molecule has 0 aliphatic rings. The number of carbonyl (C=O) groups excluding carboxylic acids is 1. The van der Waals surface area contributed by atoms with Crippen LogP contribution in [-0.4, -0.2) is 24.9 Å². The summed E-state index contributed by atoms with van der Waals surface area (Å²) >= 11 is 0. The van der Waals surface area contributed by atoms with E-state index in [0.717, 1.165) is 32.4 Å². The molecule has 0 aromatic heterocycles. The smallest absolute Gasteiger partial charge is 0.149 e. The summed E-state index contributed by atoms with van der Waals surface area (Å²) in [5.41, 5.74) is 5.83. The number of unbranched alkanes of at least 4 members (excludes halogenated alkanes) is 2. The van der Waals surface area contributed by atoms with Gasteiger partial charge < -0.3 is 11.1 Å². The largest absolute Gasteiger partial charge is 0.322 e. The Bertz CT molecular complexity index is 193. The van der Waals surface area contributed by atoms with Gasteiger partial charge in [-0.3, -0.25) is 4.79 Å². The van der Waals surface area contributed by atoms with Crippen molar-refractivity contribution in [1.82, 2.24) is 5.32 Å². The minimum atomic E-state index is -0.247. The van der Waals surface area contributed by atoms with Gasteiger partial charge in [-0.25, -0.2) is 0 Å². The van der Waals surface area contributed by atoms with Gasteiger partial charge in [0.25, 0.3) is 0 Å². The predicted octanol–water partition coefficient (Wildman–Crippen LogP) is 2.49. The summed E-state index contributed by atoms with van der Waals surface area (Å²) < 4.78 is 0. The van der Waals surface area contributed by atoms with Crippen LogP contribution in [0.25, 0.3) is 0 Å². The van der Waals surface area contributed by atoms with Gasteiger partial charge in [-0.05, 0) is 44.7 Å². The first-order valence-electron chi connectivity index (χ1n) is 7.07. The molecule has 0 aromatic rings. The molecular weight excluding hydrogens is 212 g/mol. The third-order valence-corrected chi connectivity index (χ3v) is 2.87. The maximum absolute atomic E-state index is 11.7. The monoisotopic (exact) mass is 242 g/mol. The van der Waals surface area contributed by atoms with Crippen LogP contribution >= 0.6 is 0 Å². The van der Waals surface area contributed by atoms with Gasteiger partial charge in [0.15, 0.2) is 0 Å². The predicted molar refractivity (Wildman–Crippen MR) is 74.1 cm³/mol. The Kier molecular flexibility index (Phi) is 10.5. The third kappa shape index (κ3) is 10.5. The highest BCUT2D eigenvalue weighted by Gasteiger charge is 2.13. The van der Waals surface area contributed by atoms with E-state index in [-0.39, 0.29) is 11.8 Å². The van der Waals surface area contributed by atoms with Gasteiger partial charge >= 0.3 is 0 Å². The number of hydrogen-bond acceptors (Lipinski definition) is 3. The van der Waals surface area contributed by atoms with Crippen molar-refractivity contribution in [2.24, 2.45) is 11.7 Å². The van der Waals surface area contributed by atoms with Crippen molar-refractivity contribution < 1.29 is 4.79 Å². The Morgan fingerprint density at radius 2 is 1.82 bits per heavy atom. The summed E-state index contributed by atoms with van der Waals surface area (Å²) in [6, 6.07) is -0.247. The van der Waals surface area contributed by atoms with Crippen molar-refractivity contribution in [3.63, 3.8) is 0 Å². The van der Waals surface area contributed by atoms with Crippen molar-refractivity contribution in [3.05, 3.63) is 0 Å². The van der Waals surface area contributed by atoms with Crippen LogP contribution in [0.3, 0.4) is 0 Å². The third-order valence-electron chi connectivity index (χ3n) is 2.87. The molecule has 0 heterocycles. The number of ketones is 1. The zero-order chi connectivity index (χ0) is 13.1. The molecule has 0 saturated heterocycles. The highest BCUT2D eigenvalue weighted by molar-refractivity contribution is 5.83. The lowest BCUT2D eigenvalue weighted by atomic mass is 9.98. The fraction of sp³-hybridized carbons (Fsp3) is 0.929. The first-order chi connectivity index (χ1) is 8.07. The van der Waals surface area contributed by atoms with E-state index < -0.39 is 0 Å². The minimum absolute atomic E-state index is 0.229. The summed E-state index contributed by atoms with van der Waals surface area (Å²) in [4.78, 5) is 11.7. The molecule has 0 aliphatic carbocycles. The maximum atomic E-state index is 11.7. The van der Waals surface area contributed by atoms with Crippen LogP contribution in [0.15, 0.2) is 0 Å². The van der Waals surface area contributed by atoms with Gasteiger partial charge in [-0.2, -0.15) is 0 Å². The molecule has 1 atom stereocenters. The molecule has 17 heavy (non-hydrogen) atoms. The van der Waals surface area contributed by atoms with Crippen LogP contribution in [-0.2, 0) is 4.79 Å². The van der Waals surface area contributed by atoms with Crippen molar-refractivity contribution >= 4 is 5.78 Å². The maximum Gasteiger partial charge on any atom is 0.149 e. The van der Waals surface area contributed by atoms with E-state index in [1.165, 1.54) is 12.8 Å². The summed E-state index contributed by atoms with van der Waals surface area (Å²) in [7, 11) is 0. The summed E-state index contributed by atoms with van der Waals surface area (Å²) in [5.74, 6) is 0.733. The number of carbonyl (C=O) groups is 1. The highest BCUT2D eigenvalue weighted by atomic mass is 16.1. The Labute approximate surface area is 107 Å². The van der Waals surface area contributed by atoms with Gasteiger partial charge in [0, 0.05) is 6.42 Å². The van der Waals surface area contributed by atoms with E-state index in [1.54, 1.807) is 0 Å². The SMILES string of the molecule is CCCCNCCCCC(=O)[C@@H](N)CC(C)C. The van der Waals surface area contributed by atoms with E-state index >= 15 is 0 Å². The van der Waals surface area contributed by atoms with Gasteiger partial charge in [0.2, 0.25) is 0 Å². The Morgan fingerprint density at radius 1 is 1.18 bits per heavy atom. The van der Waals surface area contributed by atoms with E-state index in [4.69, 9.17) is 5.73 Å². The molecule has 0 bridgehead atoms. The fourth-order valence-electron chi connectivity index (χ4n) is 1.80. The van der Waals surface area contributed by atoms with Crippen LogP contribution in [0.1, 0.15) is 59.3 Å². The minimum Gasteiger partial charge on any atom is -0.322 e. The average molecular weight is 242 g/mol. The molecular formula is C14H30N2O. The zero-order valence-electron chi connectivity index (χ0n) is 11.8. The zero-order valence-corrected chi connectivity index (χ0v) is 11.8. The van der Waals surface area contributed by atoms with Crippen LogP contribution in [0.2, 0.25) is 0 Å². The molecule has 0 aliphatic heterocycles. The molecule has 3 N–H and O–H groups in total. The second-order valence-electron chi connectivity index (χ2n) is 5.26. The quantitative estimate of drug-likeness (QED) is 0.547. The van der Waals surface area contributed by atoms with Crippen molar-refractivity contribution in [2.75, 3.05) is 13.1 Å². The number of hydrogen-bond donors (Lipinski definition) is 2. The van der Waals surface area contributed by atoms with Gasteiger partial charge in [0.05, 0.1) is 6.04 Å². The highest BCUT2D eigenvalue weighted by Crippen LogP contribution is 2.07. The van der Waals surface area contributed by atoms with Crippen LogP contribution in [0.5, 0.6) is 0 Å². The molecule has 3 nitrogen and oxygen atoms in total. The molecule has 3 heteroatoms. The van der Waals surface area contributed by atoms with Gasteiger partial charge in [-0.15, -0.1) is 0 Å². The molecule has 0 aromatic carbocycles. The molecule has 0 amide bonds. The molecule has 0 spiro atoms. The van der Waals surface area contributed by atoms with E-state index in [9.17, 15) is 4.79 Å². The Morgan fingerprint density at radius 3 is 2.41 bits per heavy atom.